The third kappa shape index (κ3) is 2.96. The number of aryl methyl sites for hydroxylation is 1. The quantitative estimate of drug-likeness (QED) is 0.807. The van der Waals surface area contributed by atoms with Gasteiger partial charge in [0.05, 0.1) is 5.69 Å². The number of nitrogens with one attached hydrogen (secondary N) is 1. The minimum Gasteiger partial charge on any atom is -0.321 e. The van der Waals surface area contributed by atoms with Crippen molar-refractivity contribution in [1.29, 1.82) is 0 Å². The lowest BCUT2D eigenvalue weighted by Gasteiger charge is -2.06. The van der Waals surface area contributed by atoms with Crippen LogP contribution in [0.3, 0.4) is 0 Å². The molecule has 5 nitrogen and oxygen atoms in total. The number of rotatable bonds is 3. The minimum atomic E-state index is -0.425. The highest BCUT2D eigenvalue weighted by molar-refractivity contribution is 6.03. The van der Waals surface area contributed by atoms with E-state index in [0.29, 0.717) is 11.4 Å². The molecule has 2 aromatic carbocycles. The van der Waals surface area contributed by atoms with E-state index in [1.165, 1.54) is 10.7 Å². The number of para-hydroxylation sites is 1. The molecule has 0 aliphatic carbocycles. The standard InChI is InChI=1S/C17H15FN4O/c1-11-7-9-13(10-8-11)19-17(23)16-12(2)22(21-20-16)15-6-4-3-5-14(15)18/h3-10H,1-2H3,(H,19,23). The summed E-state index contributed by atoms with van der Waals surface area (Å²) in [5.74, 6) is -0.806. The first kappa shape index (κ1) is 14.9. The Morgan fingerprint density at radius 3 is 2.48 bits per heavy atom. The highest BCUT2D eigenvalue weighted by Crippen LogP contribution is 2.17. The monoisotopic (exact) mass is 310 g/mol. The van der Waals surface area contributed by atoms with Crippen molar-refractivity contribution in [2.75, 3.05) is 5.32 Å². The average molecular weight is 310 g/mol. The van der Waals surface area contributed by atoms with Crippen LogP contribution in [-0.2, 0) is 0 Å². The van der Waals surface area contributed by atoms with Crippen LogP contribution in [0.5, 0.6) is 0 Å². The maximum Gasteiger partial charge on any atom is 0.278 e. The predicted octanol–water partition coefficient (Wildman–Crippen LogP) is 3.28. The maximum atomic E-state index is 13.9. The van der Waals surface area contributed by atoms with Crippen LogP contribution in [-0.4, -0.2) is 20.9 Å². The lowest BCUT2D eigenvalue weighted by atomic mass is 10.2. The number of nitrogens with zero attached hydrogens (tertiary/aromatic N) is 3. The molecule has 0 aliphatic rings. The molecule has 23 heavy (non-hydrogen) atoms. The van der Waals surface area contributed by atoms with Crippen LogP contribution in [0.15, 0.2) is 48.5 Å². The average Bonchev–Trinajstić information content (AvgIpc) is 2.92. The number of aromatic nitrogens is 3. The maximum absolute atomic E-state index is 13.9. The van der Waals surface area contributed by atoms with Gasteiger partial charge in [-0.05, 0) is 38.1 Å². The van der Waals surface area contributed by atoms with Gasteiger partial charge in [-0.3, -0.25) is 4.79 Å². The van der Waals surface area contributed by atoms with Crippen LogP contribution in [0.2, 0.25) is 0 Å². The topological polar surface area (TPSA) is 59.8 Å². The van der Waals surface area contributed by atoms with Gasteiger partial charge in [0.15, 0.2) is 5.69 Å². The molecule has 0 spiro atoms. The molecule has 1 amide bonds. The summed E-state index contributed by atoms with van der Waals surface area (Å²) in [6.07, 6.45) is 0. The largest absolute Gasteiger partial charge is 0.321 e. The van der Waals surface area contributed by atoms with Crippen molar-refractivity contribution in [3.05, 3.63) is 71.3 Å². The highest BCUT2D eigenvalue weighted by Gasteiger charge is 2.18. The molecule has 0 unspecified atom stereocenters. The van der Waals surface area contributed by atoms with Crippen molar-refractivity contribution in [3.8, 4) is 5.69 Å². The van der Waals surface area contributed by atoms with Crippen molar-refractivity contribution in [3.63, 3.8) is 0 Å². The van der Waals surface area contributed by atoms with Crippen molar-refractivity contribution in [1.82, 2.24) is 15.0 Å². The lowest BCUT2D eigenvalue weighted by molar-refractivity contribution is 0.102. The zero-order valence-corrected chi connectivity index (χ0v) is 12.7. The van der Waals surface area contributed by atoms with Crippen LogP contribution in [0.25, 0.3) is 5.69 Å². The number of benzene rings is 2. The van der Waals surface area contributed by atoms with Gasteiger partial charge in [-0.15, -0.1) is 5.10 Å². The highest BCUT2D eigenvalue weighted by atomic mass is 19.1. The Hall–Kier alpha value is -3.02. The van der Waals surface area contributed by atoms with Crippen molar-refractivity contribution in [2.24, 2.45) is 0 Å². The summed E-state index contributed by atoms with van der Waals surface area (Å²) < 4.78 is 15.2. The van der Waals surface area contributed by atoms with Crippen molar-refractivity contribution >= 4 is 11.6 Å². The van der Waals surface area contributed by atoms with Gasteiger partial charge in [0, 0.05) is 5.69 Å². The van der Waals surface area contributed by atoms with Crippen molar-refractivity contribution < 1.29 is 9.18 Å². The molecule has 1 N–H and O–H groups in total. The van der Waals surface area contributed by atoms with Gasteiger partial charge in [0.2, 0.25) is 0 Å². The lowest BCUT2D eigenvalue weighted by Crippen LogP contribution is -2.14. The number of carbonyl (C=O) groups excluding carboxylic acids is 1. The van der Waals surface area contributed by atoms with E-state index in [4.69, 9.17) is 0 Å². The third-order valence-electron chi connectivity index (χ3n) is 3.50. The van der Waals surface area contributed by atoms with Gasteiger partial charge in [0.1, 0.15) is 11.5 Å². The molecule has 116 valence electrons. The summed E-state index contributed by atoms with van der Waals surface area (Å²) in [6.45, 7) is 3.65. The predicted molar refractivity (Wildman–Crippen MR) is 85.2 cm³/mol. The second-order valence-corrected chi connectivity index (χ2v) is 5.21. The summed E-state index contributed by atoms with van der Waals surface area (Å²) in [5.41, 5.74) is 2.66. The smallest absolute Gasteiger partial charge is 0.278 e. The normalized spacial score (nSPS) is 10.6. The van der Waals surface area contributed by atoms with E-state index in [-0.39, 0.29) is 17.3 Å². The number of hydrogen-bond acceptors (Lipinski definition) is 3. The zero-order valence-electron chi connectivity index (χ0n) is 12.7. The summed E-state index contributed by atoms with van der Waals surface area (Å²) in [7, 11) is 0. The van der Waals surface area contributed by atoms with Crippen LogP contribution < -0.4 is 5.32 Å². The second kappa shape index (κ2) is 6.00. The molecule has 3 rings (SSSR count). The molecule has 0 bridgehead atoms. The number of hydrogen-bond donors (Lipinski definition) is 1. The molecule has 0 aliphatic heterocycles. The van der Waals surface area contributed by atoms with Crippen molar-refractivity contribution in [2.45, 2.75) is 13.8 Å². The Labute approximate surface area is 132 Å². The van der Waals surface area contributed by atoms with Crippen LogP contribution >= 0.6 is 0 Å². The Morgan fingerprint density at radius 1 is 1.09 bits per heavy atom. The van der Waals surface area contributed by atoms with E-state index in [9.17, 15) is 9.18 Å². The molecule has 0 radical (unpaired) electrons. The van der Waals surface area contributed by atoms with E-state index in [1.807, 2.05) is 31.2 Å². The molecule has 3 aromatic rings. The second-order valence-electron chi connectivity index (χ2n) is 5.21. The zero-order chi connectivity index (χ0) is 16.4. The van der Waals surface area contributed by atoms with Gasteiger partial charge in [0.25, 0.3) is 5.91 Å². The Morgan fingerprint density at radius 2 is 1.78 bits per heavy atom. The van der Waals surface area contributed by atoms with E-state index in [0.717, 1.165) is 5.56 Å². The van der Waals surface area contributed by atoms with Gasteiger partial charge in [-0.25, -0.2) is 9.07 Å². The van der Waals surface area contributed by atoms with E-state index < -0.39 is 5.82 Å². The molecule has 0 atom stereocenters. The van der Waals surface area contributed by atoms with E-state index in [2.05, 4.69) is 15.6 Å². The summed E-state index contributed by atoms with van der Waals surface area (Å²) in [4.78, 5) is 12.3. The SMILES string of the molecule is Cc1ccc(NC(=O)c2nnn(-c3ccccc3F)c2C)cc1. The van der Waals surface area contributed by atoms with E-state index >= 15 is 0 Å². The number of anilines is 1. The Balaban J connectivity index is 1.88. The molecule has 0 fully saturated rings. The van der Waals surface area contributed by atoms with Crippen LogP contribution in [0.1, 0.15) is 21.7 Å². The fourth-order valence-electron chi connectivity index (χ4n) is 2.22. The summed E-state index contributed by atoms with van der Waals surface area (Å²) >= 11 is 0. The Kier molecular flexibility index (Phi) is 3.89. The molecular weight excluding hydrogens is 295 g/mol. The Bertz CT molecular complexity index is 855. The first-order valence-corrected chi connectivity index (χ1v) is 7.11. The molecular formula is C17H15FN4O. The summed E-state index contributed by atoms with van der Waals surface area (Å²) in [6, 6.07) is 13.6. The fraction of sp³-hybridized carbons (Fsp3) is 0.118. The number of halogens is 1. The number of carbonyl (C=O) groups is 1. The van der Waals surface area contributed by atoms with E-state index in [1.54, 1.807) is 25.1 Å². The molecule has 1 aromatic heterocycles. The third-order valence-corrected chi connectivity index (χ3v) is 3.50. The fourth-order valence-corrected chi connectivity index (χ4v) is 2.22. The number of amides is 1. The van der Waals surface area contributed by atoms with Gasteiger partial charge >= 0.3 is 0 Å². The van der Waals surface area contributed by atoms with Crippen LogP contribution in [0.4, 0.5) is 10.1 Å². The molecule has 6 heteroatoms. The van der Waals surface area contributed by atoms with Gasteiger partial charge in [-0.1, -0.05) is 35.0 Å². The first-order valence-electron chi connectivity index (χ1n) is 7.11. The molecule has 1 heterocycles. The summed E-state index contributed by atoms with van der Waals surface area (Å²) in [5, 5.41) is 10.5. The molecule has 0 saturated carbocycles. The van der Waals surface area contributed by atoms with Gasteiger partial charge < -0.3 is 5.32 Å². The van der Waals surface area contributed by atoms with Crippen LogP contribution in [0, 0.1) is 19.7 Å². The molecule has 0 saturated heterocycles. The van der Waals surface area contributed by atoms with Gasteiger partial charge in [-0.2, -0.15) is 0 Å². The minimum absolute atomic E-state index is 0.161. The first-order chi connectivity index (χ1) is 11.1.